The number of hydrogen-bond donors (Lipinski definition) is 1. The van der Waals surface area contributed by atoms with Crippen molar-refractivity contribution in [2.24, 2.45) is 0 Å². The first-order chi connectivity index (χ1) is 8.74. The summed E-state index contributed by atoms with van der Waals surface area (Å²) in [4.78, 5) is 12.6. The van der Waals surface area contributed by atoms with Crippen molar-refractivity contribution in [3.8, 4) is 6.01 Å². The molecule has 0 bridgehead atoms. The molecule has 0 saturated heterocycles. The third kappa shape index (κ3) is 2.01. The molecule has 1 N–H and O–H groups in total. The van der Waals surface area contributed by atoms with Gasteiger partial charge in [0.05, 0.1) is 19.5 Å². The van der Waals surface area contributed by atoms with E-state index in [4.69, 9.17) is 4.74 Å². The second-order valence-electron chi connectivity index (χ2n) is 4.46. The Kier molecular flexibility index (Phi) is 2.62. The molecule has 3 rings (SSSR count). The van der Waals surface area contributed by atoms with Crippen molar-refractivity contribution in [1.82, 2.24) is 19.5 Å². The van der Waals surface area contributed by atoms with E-state index in [-0.39, 0.29) is 0 Å². The van der Waals surface area contributed by atoms with Gasteiger partial charge in [-0.2, -0.15) is 4.98 Å². The van der Waals surface area contributed by atoms with E-state index in [2.05, 4.69) is 24.8 Å². The van der Waals surface area contributed by atoms with E-state index in [1.54, 1.807) is 7.11 Å². The number of ether oxygens (including phenoxy) is 1. The van der Waals surface area contributed by atoms with Gasteiger partial charge in [-0.3, -0.25) is 0 Å². The average molecular weight is 245 g/mol. The summed E-state index contributed by atoms with van der Waals surface area (Å²) in [5.41, 5.74) is 2.15. The molecule has 2 aromatic rings. The van der Waals surface area contributed by atoms with Crippen molar-refractivity contribution < 1.29 is 4.74 Å². The van der Waals surface area contributed by atoms with E-state index < -0.39 is 0 Å². The van der Waals surface area contributed by atoms with Gasteiger partial charge >= 0.3 is 6.01 Å². The predicted molar refractivity (Wildman–Crippen MR) is 66.7 cm³/mol. The molecule has 0 fully saturated rings. The number of nitrogens with one attached hydrogen (secondary N) is 1. The van der Waals surface area contributed by atoms with Gasteiger partial charge in [0.1, 0.15) is 5.82 Å². The summed E-state index contributed by atoms with van der Waals surface area (Å²) in [5.74, 6) is 0.808. The molecule has 0 aliphatic carbocycles. The highest BCUT2D eigenvalue weighted by molar-refractivity contribution is 5.38. The lowest BCUT2D eigenvalue weighted by Crippen LogP contribution is -2.21. The Morgan fingerprint density at radius 1 is 1.44 bits per heavy atom. The molecule has 0 aromatic carbocycles. The zero-order valence-electron chi connectivity index (χ0n) is 10.4. The van der Waals surface area contributed by atoms with E-state index >= 15 is 0 Å². The second kappa shape index (κ2) is 4.29. The summed E-state index contributed by atoms with van der Waals surface area (Å²) in [6.45, 7) is 2.85. The van der Waals surface area contributed by atoms with Crippen molar-refractivity contribution in [3.63, 3.8) is 0 Å². The van der Waals surface area contributed by atoms with Gasteiger partial charge in [0.2, 0.25) is 0 Å². The fourth-order valence-electron chi connectivity index (χ4n) is 2.25. The van der Waals surface area contributed by atoms with Gasteiger partial charge in [0.15, 0.2) is 0 Å². The Balaban J connectivity index is 1.74. The molecule has 3 heterocycles. The van der Waals surface area contributed by atoms with Crippen LogP contribution in [0.3, 0.4) is 0 Å². The Hall–Kier alpha value is -2.11. The molecule has 1 atom stereocenters. The van der Waals surface area contributed by atoms with Crippen LogP contribution >= 0.6 is 0 Å². The lowest BCUT2D eigenvalue weighted by Gasteiger charge is -2.13. The Morgan fingerprint density at radius 2 is 2.33 bits per heavy atom. The number of aromatic nitrogens is 4. The van der Waals surface area contributed by atoms with E-state index in [9.17, 15) is 0 Å². The topological polar surface area (TPSA) is 64.9 Å². The number of anilines is 1. The highest BCUT2D eigenvalue weighted by Gasteiger charge is 2.21. The molecule has 1 aliphatic heterocycles. The van der Waals surface area contributed by atoms with Crippen LogP contribution in [-0.4, -0.2) is 32.7 Å². The van der Waals surface area contributed by atoms with Gasteiger partial charge in [0.25, 0.3) is 0 Å². The summed E-state index contributed by atoms with van der Waals surface area (Å²) >= 11 is 0. The van der Waals surface area contributed by atoms with E-state index in [1.807, 2.05) is 25.5 Å². The maximum atomic E-state index is 5.07. The number of aryl methyl sites for hydroxylation is 1. The van der Waals surface area contributed by atoms with Crippen LogP contribution in [0.5, 0.6) is 6.01 Å². The first-order valence-corrected chi connectivity index (χ1v) is 5.90. The molecule has 94 valence electrons. The molecule has 0 spiro atoms. The number of hydrogen-bond acceptors (Lipinski definition) is 5. The summed E-state index contributed by atoms with van der Waals surface area (Å²) in [7, 11) is 1.57. The SMILES string of the molecule is COc1nc(C)cc(NC2Cc3cncn3C2)n1. The first kappa shape index (κ1) is 11.0. The largest absolute Gasteiger partial charge is 0.467 e. The predicted octanol–water partition coefficient (Wildman–Crippen LogP) is 1.03. The smallest absolute Gasteiger partial charge is 0.318 e. The van der Waals surface area contributed by atoms with Crippen LogP contribution in [0, 0.1) is 6.92 Å². The quantitative estimate of drug-likeness (QED) is 0.874. The van der Waals surface area contributed by atoms with E-state index in [1.165, 1.54) is 5.69 Å². The minimum atomic E-state index is 0.349. The molecule has 0 saturated carbocycles. The Labute approximate surface area is 105 Å². The lowest BCUT2D eigenvalue weighted by molar-refractivity contribution is 0.379. The Bertz CT molecular complexity index is 545. The Morgan fingerprint density at radius 3 is 3.11 bits per heavy atom. The van der Waals surface area contributed by atoms with E-state index in [0.717, 1.165) is 24.5 Å². The zero-order valence-corrected chi connectivity index (χ0v) is 10.4. The van der Waals surface area contributed by atoms with Crippen molar-refractivity contribution in [2.75, 3.05) is 12.4 Å². The van der Waals surface area contributed by atoms with Crippen molar-refractivity contribution in [2.45, 2.75) is 25.9 Å². The van der Waals surface area contributed by atoms with Gasteiger partial charge in [-0.25, -0.2) is 9.97 Å². The molecule has 6 nitrogen and oxygen atoms in total. The fraction of sp³-hybridized carbons (Fsp3) is 0.417. The van der Waals surface area contributed by atoms with Gasteiger partial charge in [-0.15, -0.1) is 0 Å². The third-order valence-electron chi connectivity index (χ3n) is 3.04. The monoisotopic (exact) mass is 245 g/mol. The zero-order chi connectivity index (χ0) is 12.5. The van der Waals surface area contributed by atoms with Crippen molar-refractivity contribution in [1.29, 1.82) is 0 Å². The summed E-state index contributed by atoms with van der Waals surface area (Å²) in [6, 6.07) is 2.67. The summed E-state index contributed by atoms with van der Waals surface area (Å²) < 4.78 is 7.23. The number of imidazole rings is 1. The van der Waals surface area contributed by atoms with Crippen LogP contribution < -0.4 is 10.1 Å². The third-order valence-corrected chi connectivity index (χ3v) is 3.04. The number of methoxy groups -OCH3 is 1. The molecular formula is C12H15N5O. The standard InChI is InChI=1S/C12H15N5O/c1-8-3-11(16-12(14-8)18-2)15-9-4-10-5-13-7-17(10)6-9/h3,5,7,9H,4,6H2,1-2H3,(H,14,15,16). The molecular weight excluding hydrogens is 230 g/mol. The molecule has 1 unspecified atom stereocenters. The number of nitrogens with zero attached hydrogens (tertiary/aromatic N) is 4. The first-order valence-electron chi connectivity index (χ1n) is 5.90. The van der Waals surface area contributed by atoms with Gasteiger partial charge in [-0.05, 0) is 6.92 Å². The minimum absolute atomic E-state index is 0.349. The summed E-state index contributed by atoms with van der Waals surface area (Å²) in [6.07, 6.45) is 4.74. The molecule has 1 aliphatic rings. The molecule has 0 amide bonds. The number of rotatable bonds is 3. The highest BCUT2D eigenvalue weighted by Crippen LogP contribution is 2.19. The maximum Gasteiger partial charge on any atom is 0.318 e. The summed E-state index contributed by atoms with van der Waals surface area (Å²) in [5, 5.41) is 3.41. The maximum absolute atomic E-state index is 5.07. The van der Waals surface area contributed by atoms with Crippen LogP contribution in [0.1, 0.15) is 11.4 Å². The molecule has 6 heteroatoms. The van der Waals surface area contributed by atoms with Crippen LogP contribution in [0.15, 0.2) is 18.6 Å². The minimum Gasteiger partial charge on any atom is -0.467 e. The molecule has 0 radical (unpaired) electrons. The number of fused-ring (bicyclic) bond motifs is 1. The lowest BCUT2D eigenvalue weighted by atomic mass is 10.2. The van der Waals surface area contributed by atoms with Gasteiger partial charge < -0.3 is 14.6 Å². The normalized spacial score (nSPS) is 17.6. The van der Waals surface area contributed by atoms with E-state index in [0.29, 0.717) is 12.1 Å². The molecule has 18 heavy (non-hydrogen) atoms. The second-order valence-corrected chi connectivity index (χ2v) is 4.46. The van der Waals surface area contributed by atoms with Crippen molar-refractivity contribution in [3.05, 3.63) is 30.0 Å². The van der Waals surface area contributed by atoms with Gasteiger partial charge in [0, 0.05) is 36.6 Å². The van der Waals surface area contributed by atoms with Crippen LogP contribution in [0.2, 0.25) is 0 Å². The van der Waals surface area contributed by atoms with Crippen LogP contribution in [0.4, 0.5) is 5.82 Å². The highest BCUT2D eigenvalue weighted by atomic mass is 16.5. The fourth-order valence-corrected chi connectivity index (χ4v) is 2.25. The van der Waals surface area contributed by atoms with Crippen LogP contribution in [-0.2, 0) is 13.0 Å². The van der Waals surface area contributed by atoms with Gasteiger partial charge in [-0.1, -0.05) is 0 Å². The average Bonchev–Trinajstić information content (AvgIpc) is 2.88. The van der Waals surface area contributed by atoms with Crippen LogP contribution in [0.25, 0.3) is 0 Å². The van der Waals surface area contributed by atoms with Crippen molar-refractivity contribution >= 4 is 5.82 Å². The molecule has 2 aromatic heterocycles.